The van der Waals surface area contributed by atoms with Gasteiger partial charge in [-0.05, 0) is 47.7 Å². The molecule has 0 bridgehead atoms. The van der Waals surface area contributed by atoms with Crippen LogP contribution in [0.1, 0.15) is 25.7 Å². The molecule has 2 rings (SSSR count). The first-order valence-corrected chi connectivity index (χ1v) is 6.96. The third kappa shape index (κ3) is 3.65. The van der Waals surface area contributed by atoms with E-state index in [-0.39, 0.29) is 10.2 Å². The van der Waals surface area contributed by atoms with Crippen molar-refractivity contribution in [3.63, 3.8) is 0 Å². The molecule has 1 heterocycles. The summed E-state index contributed by atoms with van der Waals surface area (Å²) in [5, 5.41) is 2.91. The molecule has 0 radical (unpaired) electrons. The van der Waals surface area contributed by atoms with E-state index in [4.69, 9.17) is 4.74 Å². The fourth-order valence-electron chi connectivity index (χ4n) is 2.08. The van der Waals surface area contributed by atoms with Gasteiger partial charge in [-0.15, -0.1) is 0 Å². The minimum atomic E-state index is -0.460. The molecule has 1 aliphatic rings. The van der Waals surface area contributed by atoms with E-state index < -0.39 is 11.6 Å². The van der Waals surface area contributed by atoms with Crippen molar-refractivity contribution in [1.29, 1.82) is 0 Å². The minimum absolute atomic E-state index is 0.143. The van der Waals surface area contributed by atoms with Crippen molar-refractivity contribution in [3.05, 3.63) is 28.2 Å². The Morgan fingerprint density at radius 2 is 2.17 bits per heavy atom. The highest BCUT2D eigenvalue weighted by Crippen LogP contribution is 2.23. The first kappa shape index (κ1) is 13.7. The molecule has 2 nitrogen and oxygen atoms in total. The Kier molecular flexibility index (Phi) is 4.95. The number of rotatable bonds is 5. The van der Waals surface area contributed by atoms with Gasteiger partial charge in [0.05, 0.1) is 16.3 Å². The van der Waals surface area contributed by atoms with Crippen LogP contribution in [0, 0.1) is 11.6 Å². The second kappa shape index (κ2) is 6.48. The van der Waals surface area contributed by atoms with Gasteiger partial charge in [0.1, 0.15) is 11.6 Å². The van der Waals surface area contributed by atoms with Gasteiger partial charge in [0.2, 0.25) is 0 Å². The zero-order chi connectivity index (χ0) is 13.0. The van der Waals surface area contributed by atoms with E-state index in [9.17, 15) is 8.78 Å². The lowest BCUT2D eigenvalue weighted by molar-refractivity contribution is 0.103. The molecule has 1 aliphatic heterocycles. The Morgan fingerprint density at radius 1 is 1.33 bits per heavy atom. The number of ether oxygens (including phenoxy) is 1. The lowest BCUT2D eigenvalue weighted by Crippen LogP contribution is -2.09. The summed E-state index contributed by atoms with van der Waals surface area (Å²) in [6, 6.07) is 2.31. The summed E-state index contributed by atoms with van der Waals surface area (Å²) in [6.07, 6.45) is 4.44. The van der Waals surface area contributed by atoms with Crippen molar-refractivity contribution in [2.45, 2.75) is 31.8 Å². The average Bonchev–Trinajstić information content (AvgIpc) is 2.84. The fraction of sp³-hybridized carbons (Fsp3) is 0.538. The fourth-order valence-corrected chi connectivity index (χ4v) is 2.40. The van der Waals surface area contributed by atoms with Crippen LogP contribution in [0.4, 0.5) is 14.5 Å². The van der Waals surface area contributed by atoms with Crippen molar-refractivity contribution in [2.24, 2.45) is 0 Å². The molecule has 5 heteroatoms. The molecule has 0 aromatic heterocycles. The van der Waals surface area contributed by atoms with Crippen molar-refractivity contribution in [2.75, 3.05) is 18.5 Å². The van der Waals surface area contributed by atoms with Gasteiger partial charge in [-0.1, -0.05) is 0 Å². The van der Waals surface area contributed by atoms with Crippen LogP contribution < -0.4 is 5.32 Å². The molecular formula is C13H16BrF2NO. The van der Waals surface area contributed by atoms with E-state index in [1.807, 2.05) is 0 Å². The average molecular weight is 320 g/mol. The van der Waals surface area contributed by atoms with Crippen LogP contribution in [-0.2, 0) is 4.74 Å². The molecule has 1 atom stereocenters. The molecule has 18 heavy (non-hydrogen) atoms. The molecule has 1 saturated heterocycles. The van der Waals surface area contributed by atoms with Crippen LogP contribution in [0.15, 0.2) is 16.6 Å². The number of hydrogen-bond acceptors (Lipinski definition) is 2. The summed E-state index contributed by atoms with van der Waals surface area (Å²) < 4.78 is 32.4. The van der Waals surface area contributed by atoms with E-state index in [1.165, 1.54) is 6.07 Å². The first-order valence-electron chi connectivity index (χ1n) is 6.17. The molecule has 1 aromatic carbocycles. The predicted octanol–water partition coefficient (Wildman–Crippen LogP) is 4.10. The third-order valence-electron chi connectivity index (χ3n) is 3.05. The number of hydrogen-bond donors (Lipinski definition) is 1. The Bertz CT molecular complexity index is 408. The van der Waals surface area contributed by atoms with E-state index >= 15 is 0 Å². The second-order valence-corrected chi connectivity index (χ2v) is 5.30. The topological polar surface area (TPSA) is 21.3 Å². The smallest absolute Gasteiger partial charge is 0.147 e. The quantitative estimate of drug-likeness (QED) is 0.651. The van der Waals surface area contributed by atoms with Gasteiger partial charge in [-0.25, -0.2) is 8.78 Å². The monoisotopic (exact) mass is 319 g/mol. The molecule has 1 aromatic rings. The summed E-state index contributed by atoms with van der Waals surface area (Å²) >= 11 is 2.95. The van der Waals surface area contributed by atoms with Gasteiger partial charge in [-0.2, -0.15) is 0 Å². The van der Waals surface area contributed by atoms with Crippen molar-refractivity contribution in [1.82, 2.24) is 0 Å². The van der Waals surface area contributed by atoms with Gasteiger partial charge in [0.25, 0.3) is 0 Å². The van der Waals surface area contributed by atoms with E-state index in [1.54, 1.807) is 0 Å². The molecule has 1 unspecified atom stereocenters. The molecule has 100 valence electrons. The zero-order valence-corrected chi connectivity index (χ0v) is 11.6. The summed E-state index contributed by atoms with van der Waals surface area (Å²) in [7, 11) is 0. The van der Waals surface area contributed by atoms with Gasteiger partial charge >= 0.3 is 0 Å². The lowest BCUT2D eigenvalue weighted by Gasteiger charge is -2.11. The zero-order valence-electron chi connectivity index (χ0n) is 10.0. The van der Waals surface area contributed by atoms with Gasteiger partial charge in [0.15, 0.2) is 0 Å². The summed E-state index contributed by atoms with van der Waals surface area (Å²) in [6.45, 7) is 1.47. The largest absolute Gasteiger partial charge is 0.383 e. The molecule has 0 saturated carbocycles. The molecular weight excluding hydrogens is 304 g/mol. The van der Waals surface area contributed by atoms with Gasteiger partial charge in [-0.3, -0.25) is 0 Å². The van der Waals surface area contributed by atoms with Crippen LogP contribution in [0.5, 0.6) is 0 Å². The Hall–Kier alpha value is -0.680. The highest BCUT2D eigenvalue weighted by atomic mass is 79.9. The Morgan fingerprint density at radius 3 is 2.89 bits per heavy atom. The van der Waals surface area contributed by atoms with Crippen molar-refractivity contribution < 1.29 is 13.5 Å². The van der Waals surface area contributed by atoms with Gasteiger partial charge in [0, 0.05) is 19.2 Å². The van der Waals surface area contributed by atoms with E-state index in [0.717, 1.165) is 38.4 Å². The maximum Gasteiger partial charge on any atom is 0.147 e. The number of anilines is 1. The first-order chi connectivity index (χ1) is 8.66. The van der Waals surface area contributed by atoms with E-state index in [2.05, 4.69) is 21.2 Å². The molecule has 1 fully saturated rings. The SMILES string of the molecule is Fc1cc(NCCCC2CCCO2)c(F)cc1Br. The van der Waals surface area contributed by atoms with Crippen LogP contribution in [-0.4, -0.2) is 19.3 Å². The Labute approximate surface area is 114 Å². The summed E-state index contributed by atoms with van der Waals surface area (Å²) in [4.78, 5) is 0. The molecule has 0 aliphatic carbocycles. The van der Waals surface area contributed by atoms with Crippen LogP contribution >= 0.6 is 15.9 Å². The number of nitrogens with one attached hydrogen (secondary N) is 1. The highest BCUT2D eigenvalue weighted by molar-refractivity contribution is 9.10. The normalized spacial score (nSPS) is 19.2. The molecule has 0 spiro atoms. The standard InChI is InChI=1S/C13H16BrF2NO/c14-10-7-12(16)13(8-11(10)15)17-5-1-3-9-4-2-6-18-9/h7-9,17H,1-6H2. The predicted molar refractivity (Wildman–Crippen MR) is 70.8 cm³/mol. The van der Waals surface area contributed by atoms with Crippen molar-refractivity contribution >= 4 is 21.6 Å². The number of benzene rings is 1. The molecule has 0 amide bonds. The van der Waals surface area contributed by atoms with E-state index in [0.29, 0.717) is 12.6 Å². The summed E-state index contributed by atoms with van der Waals surface area (Å²) in [5.41, 5.74) is 0.211. The van der Waals surface area contributed by atoms with Crippen LogP contribution in [0.2, 0.25) is 0 Å². The third-order valence-corrected chi connectivity index (χ3v) is 3.66. The van der Waals surface area contributed by atoms with Gasteiger partial charge < -0.3 is 10.1 Å². The maximum absolute atomic E-state index is 13.5. The van der Waals surface area contributed by atoms with Crippen LogP contribution in [0.25, 0.3) is 0 Å². The lowest BCUT2D eigenvalue weighted by atomic mass is 10.1. The summed E-state index contributed by atoms with van der Waals surface area (Å²) in [5.74, 6) is -0.904. The highest BCUT2D eigenvalue weighted by Gasteiger charge is 2.14. The van der Waals surface area contributed by atoms with Crippen molar-refractivity contribution in [3.8, 4) is 0 Å². The second-order valence-electron chi connectivity index (χ2n) is 4.45. The number of halogens is 3. The van der Waals surface area contributed by atoms with Crippen LogP contribution in [0.3, 0.4) is 0 Å². The minimum Gasteiger partial charge on any atom is -0.383 e. The Balaban J connectivity index is 1.77. The molecule has 1 N–H and O–H groups in total. The maximum atomic E-state index is 13.5.